The molecule has 1 aromatic heterocycles. The van der Waals surface area contributed by atoms with Crippen LogP contribution in [0, 0.1) is 16.7 Å². The van der Waals surface area contributed by atoms with Crippen LogP contribution in [0.5, 0.6) is 0 Å². The maximum Gasteiger partial charge on any atom is 0.209 e. The largest absolute Gasteiger partial charge is 0.330 e. The molecule has 1 N–H and O–H groups in total. The summed E-state index contributed by atoms with van der Waals surface area (Å²) in [6.45, 7) is 3.48. The first kappa shape index (κ1) is 17.7. The van der Waals surface area contributed by atoms with E-state index in [1.165, 1.54) is 34.6 Å². The number of nitrogens with zero attached hydrogens (tertiary/aromatic N) is 3. The minimum absolute atomic E-state index is 0.286. The fourth-order valence-electron chi connectivity index (χ4n) is 2.42. The first-order chi connectivity index (χ1) is 12.0. The molecule has 3 rings (SSSR count). The van der Waals surface area contributed by atoms with Crippen molar-refractivity contribution in [3.05, 3.63) is 69.4 Å². The van der Waals surface area contributed by atoms with Crippen LogP contribution in [0.25, 0.3) is 0 Å². The first-order valence-electron chi connectivity index (χ1n) is 7.84. The lowest BCUT2D eigenvalue weighted by molar-refractivity contribution is 0.245. The van der Waals surface area contributed by atoms with E-state index in [0.29, 0.717) is 21.4 Å². The van der Waals surface area contributed by atoms with E-state index in [2.05, 4.69) is 46.5 Å². The fourth-order valence-corrected chi connectivity index (χ4v) is 3.43. The Morgan fingerprint density at radius 1 is 1.24 bits per heavy atom. The average molecular weight is 375 g/mol. The zero-order chi connectivity index (χ0) is 17.8. The van der Waals surface area contributed by atoms with Gasteiger partial charge < -0.3 is 5.32 Å². The third-order valence-electron chi connectivity index (χ3n) is 3.63. The highest BCUT2D eigenvalue weighted by Crippen LogP contribution is 2.21. The lowest BCUT2D eigenvalue weighted by Gasteiger charge is -2.16. The van der Waals surface area contributed by atoms with Crippen LogP contribution in [-0.2, 0) is 13.2 Å². The smallest absolute Gasteiger partial charge is 0.209 e. The zero-order valence-electron chi connectivity index (χ0n) is 14.1. The summed E-state index contributed by atoms with van der Waals surface area (Å²) in [5.74, 6) is -0.286. The van der Waals surface area contributed by atoms with E-state index in [-0.39, 0.29) is 5.82 Å². The topological polar surface area (TPSA) is 33.1 Å². The SMILES string of the molecule is Cc1ccc(CN(C)Cn2nc(Nc3cccc(F)c3)sc2=S)cc1. The van der Waals surface area contributed by atoms with Gasteiger partial charge in [0.05, 0.1) is 6.67 Å². The van der Waals surface area contributed by atoms with Crippen LogP contribution in [0.3, 0.4) is 0 Å². The van der Waals surface area contributed by atoms with Crippen LogP contribution >= 0.6 is 23.6 Å². The Morgan fingerprint density at radius 2 is 2.00 bits per heavy atom. The molecule has 0 unspecified atom stereocenters. The molecular weight excluding hydrogens is 355 g/mol. The van der Waals surface area contributed by atoms with Gasteiger partial charge in [0.2, 0.25) is 5.13 Å². The highest BCUT2D eigenvalue weighted by atomic mass is 32.1. The van der Waals surface area contributed by atoms with Crippen LogP contribution < -0.4 is 5.32 Å². The van der Waals surface area contributed by atoms with Gasteiger partial charge >= 0.3 is 0 Å². The van der Waals surface area contributed by atoms with E-state index < -0.39 is 0 Å². The summed E-state index contributed by atoms with van der Waals surface area (Å²) >= 11 is 6.76. The highest BCUT2D eigenvalue weighted by Gasteiger charge is 2.08. The number of nitrogens with one attached hydrogen (secondary N) is 1. The predicted octanol–water partition coefficient (Wildman–Crippen LogP) is 4.95. The Morgan fingerprint density at radius 3 is 2.72 bits per heavy atom. The predicted molar refractivity (Wildman–Crippen MR) is 103 cm³/mol. The number of aromatic nitrogens is 2. The van der Waals surface area contributed by atoms with E-state index in [4.69, 9.17) is 12.2 Å². The molecule has 2 aromatic carbocycles. The number of anilines is 2. The molecule has 0 aliphatic carbocycles. The summed E-state index contributed by atoms with van der Waals surface area (Å²) in [6.07, 6.45) is 0. The summed E-state index contributed by atoms with van der Waals surface area (Å²) < 4.78 is 15.7. The molecule has 0 saturated carbocycles. The monoisotopic (exact) mass is 374 g/mol. The number of halogens is 1. The molecule has 0 amide bonds. The zero-order valence-corrected chi connectivity index (χ0v) is 15.7. The van der Waals surface area contributed by atoms with Gasteiger partial charge in [0.15, 0.2) is 3.95 Å². The number of aryl methyl sites for hydroxylation is 1. The number of benzene rings is 2. The van der Waals surface area contributed by atoms with E-state index >= 15 is 0 Å². The Bertz CT molecular complexity index is 902. The standard InChI is InChI=1S/C18H19FN4S2/c1-13-6-8-14(9-7-13)11-22(2)12-23-18(24)25-17(21-23)20-16-5-3-4-15(19)10-16/h3-10H,11-12H2,1-2H3,(H,20,21). The van der Waals surface area contributed by atoms with E-state index in [0.717, 1.165) is 6.54 Å². The van der Waals surface area contributed by atoms with E-state index in [1.54, 1.807) is 16.8 Å². The van der Waals surface area contributed by atoms with Crippen molar-refractivity contribution < 1.29 is 4.39 Å². The van der Waals surface area contributed by atoms with Crippen LogP contribution in [0.2, 0.25) is 0 Å². The first-order valence-corrected chi connectivity index (χ1v) is 9.07. The normalized spacial score (nSPS) is 11.0. The van der Waals surface area contributed by atoms with Gasteiger partial charge in [-0.1, -0.05) is 47.2 Å². The van der Waals surface area contributed by atoms with Gasteiger partial charge in [0.25, 0.3) is 0 Å². The molecular formula is C18H19FN4S2. The Kier molecular flexibility index (Phi) is 5.57. The summed E-state index contributed by atoms with van der Waals surface area (Å²) in [5, 5.41) is 8.23. The van der Waals surface area contributed by atoms with E-state index in [1.807, 2.05) is 7.05 Å². The Labute approximate surface area is 155 Å². The van der Waals surface area contributed by atoms with Crippen LogP contribution in [0.15, 0.2) is 48.5 Å². The van der Waals surface area contributed by atoms with Gasteiger partial charge in [-0.05, 0) is 50.0 Å². The highest BCUT2D eigenvalue weighted by molar-refractivity contribution is 7.73. The molecule has 0 aliphatic heterocycles. The summed E-state index contributed by atoms with van der Waals surface area (Å²) in [6, 6.07) is 14.8. The maximum absolute atomic E-state index is 13.3. The van der Waals surface area contributed by atoms with Crippen molar-refractivity contribution >= 4 is 34.4 Å². The van der Waals surface area contributed by atoms with Crippen molar-refractivity contribution in [1.82, 2.24) is 14.7 Å². The van der Waals surface area contributed by atoms with Gasteiger partial charge in [0.1, 0.15) is 5.82 Å². The minimum atomic E-state index is -0.286. The molecule has 1 heterocycles. The van der Waals surface area contributed by atoms with Crippen LogP contribution in [0.1, 0.15) is 11.1 Å². The van der Waals surface area contributed by atoms with Gasteiger partial charge in [-0.3, -0.25) is 4.90 Å². The number of hydrogen-bond acceptors (Lipinski definition) is 5. The summed E-state index contributed by atoms with van der Waals surface area (Å²) in [7, 11) is 2.03. The quantitative estimate of drug-likeness (QED) is 0.619. The molecule has 0 aliphatic rings. The molecule has 7 heteroatoms. The van der Waals surface area contributed by atoms with Crippen LogP contribution in [0.4, 0.5) is 15.2 Å². The van der Waals surface area contributed by atoms with Crippen molar-refractivity contribution in [3.8, 4) is 0 Å². The molecule has 0 fully saturated rings. The Hall–Kier alpha value is -2.09. The van der Waals surface area contributed by atoms with Crippen molar-refractivity contribution in [2.75, 3.05) is 12.4 Å². The molecule has 0 saturated heterocycles. The lowest BCUT2D eigenvalue weighted by atomic mass is 10.1. The molecule has 3 aromatic rings. The Balaban J connectivity index is 1.65. The van der Waals surface area contributed by atoms with Crippen molar-refractivity contribution in [1.29, 1.82) is 0 Å². The maximum atomic E-state index is 13.3. The molecule has 130 valence electrons. The van der Waals surface area contributed by atoms with Gasteiger partial charge in [-0.25, -0.2) is 9.07 Å². The van der Waals surface area contributed by atoms with Crippen LogP contribution in [-0.4, -0.2) is 21.7 Å². The van der Waals surface area contributed by atoms with Crippen molar-refractivity contribution in [3.63, 3.8) is 0 Å². The summed E-state index contributed by atoms with van der Waals surface area (Å²) in [5.41, 5.74) is 3.15. The average Bonchev–Trinajstić information content (AvgIpc) is 2.89. The molecule has 4 nitrogen and oxygen atoms in total. The van der Waals surface area contributed by atoms with Gasteiger partial charge in [-0.2, -0.15) is 0 Å². The summed E-state index contributed by atoms with van der Waals surface area (Å²) in [4.78, 5) is 2.14. The molecule has 0 atom stereocenters. The second-order valence-corrected chi connectivity index (χ2v) is 7.57. The molecule has 0 radical (unpaired) electrons. The lowest BCUT2D eigenvalue weighted by Crippen LogP contribution is -2.22. The fraction of sp³-hybridized carbons (Fsp3) is 0.222. The van der Waals surface area contributed by atoms with Gasteiger partial charge in [0, 0.05) is 12.2 Å². The third-order valence-corrected chi connectivity index (χ3v) is 4.85. The molecule has 0 spiro atoms. The minimum Gasteiger partial charge on any atom is -0.330 e. The molecule has 25 heavy (non-hydrogen) atoms. The van der Waals surface area contributed by atoms with E-state index in [9.17, 15) is 4.39 Å². The van der Waals surface area contributed by atoms with Crippen molar-refractivity contribution in [2.45, 2.75) is 20.1 Å². The number of rotatable bonds is 6. The third kappa shape index (κ3) is 4.94. The van der Waals surface area contributed by atoms with Crippen molar-refractivity contribution in [2.24, 2.45) is 0 Å². The second kappa shape index (κ2) is 7.86. The van der Waals surface area contributed by atoms with Gasteiger partial charge in [-0.15, -0.1) is 5.10 Å². The molecule has 0 bridgehead atoms. The second-order valence-electron chi connectivity index (χ2n) is 5.95. The number of hydrogen-bond donors (Lipinski definition) is 1.